The highest BCUT2D eigenvalue weighted by atomic mass is 16.7. The van der Waals surface area contributed by atoms with E-state index in [1.54, 1.807) is 6.08 Å². The fourth-order valence-corrected chi connectivity index (χ4v) is 10.8. The molecule has 9 N–H and O–H groups in total. The number of unbranched alkanes of at least 4 members (excludes halogenated alkanes) is 33. The van der Waals surface area contributed by atoms with Crippen molar-refractivity contribution in [1.29, 1.82) is 0 Å². The van der Waals surface area contributed by atoms with Crippen LogP contribution in [0.25, 0.3) is 0 Å². The Hall–Kier alpha value is -2.31. The van der Waals surface area contributed by atoms with E-state index < -0.39 is 86.8 Å². The topological polar surface area (TPSA) is 228 Å². The van der Waals surface area contributed by atoms with E-state index >= 15 is 0 Å². The number of hydrogen-bond acceptors (Lipinski definition) is 13. The molecule has 0 aliphatic carbocycles. The van der Waals surface area contributed by atoms with Gasteiger partial charge in [0.25, 0.3) is 0 Å². The molecule has 12 atom stereocenters. The standard InChI is InChI=1S/C68H123NO13/c1-3-5-7-9-11-13-15-17-19-21-23-25-27-28-30-31-33-35-37-39-41-43-45-47-49-51-57(72)56(55-79-67-65(78)63(76)66(59(54-71)81-67)82-68-64(77)62(75)61(74)58(53-70)80-68)69-60(73)52-50-48-46-44-42-40-38-36-34-32-29-26-24-22-20-18-16-14-12-10-8-6-4-2/h16,18,22,24,33,35,41,43,49,51,56-59,61-68,70-72,74-78H,3-15,17,19-21,23,25-32,34,36-40,42,44-48,50,52-55H2,1-2H3,(H,69,73)/b18-16-,24-22-,35-33+,43-41+,51-49+. The third-order valence-corrected chi connectivity index (χ3v) is 16.2. The largest absolute Gasteiger partial charge is 0.394 e. The molecule has 14 nitrogen and oxygen atoms in total. The van der Waals surface area contributed by atoms with Crippen molar-refractivity contribution in [2.45, 2.75) is 344 Å². The van der Waals surface area contributed by atoms with Gasteiger partial charge in [-0.3, -0.25) is 4.79 Å². The Balaban J connectivity index is 1.74. The van der Waals surface area contributed by atoms with Gasteiger partial charge in [0.1, 0.15) is 48.8 Å². The zero-order valence-electron chi connectivity index (χ0n) is 51.7. The maximum Gasteiger partial charge on any atom is 0.220 e. The van der Waals surface area contributed by atoms with Gasteiger partial charge in [0.2, 0.25) is 5.91 Å². The molecule has 0 bridgehead atoms. The first kappa shape index (κ1) is 75.8. The van der Waals surface area contributed by atoms with Gasteiger partial charge in [0.05, 0.1) is 32.0 Å². The number of allylic oxidation sites excluding steroid dienone is 9. The normalized spacial score (nSPS) is 24.3. The van der Waals surface area contributed by atoms with Crippen LogP contribution in [0.15, 0.2) is 60.8 Å². The van der Waals surface area contributed by atoms with Crippen molar-refractivity contribution in [3.63, 3.8) is 0 Å². The minimum absolute atomic E-state index is 0.255. The first-order valence-corrected chi connectivity index (χ1v) is 33.5. The molecular weight excluding hydrogens is 1040 g/mol. The lowest BCUT2D eigenvalue weighted by Crippen LogP contribution is -2.65. The van der Waals surface area contributed by atoms with E-state index in [0.29, 0.717) is 12.8 Å². The lowest BCUT2D eigenvalue weighted by molar-refractivity contribution is -0.359. The molecule has 0 spiro atoms. The molecule has 2 fully saturated rings. The van der Waals surface area contributed by atoms with E-state index in [4.69, 9.17) is 18.9 Å². The van der Waals surface area contributed by atoms with Crippen molar-refractivity contribution >= 4 is 5.91 Å². The molecule has 2 heterocycles. The number of ether oxygens (including phenoxy) is 4. The molecular formula is C68H123NO13. The zero-order chi connectivity index (χ0) is 59.5. The van der Waals surface area contributed by atoms with Crippen LogP contribution in [0.2, 0.25) is 0 Å². The highest BCUT2D eigenvalue weighted by Gasteiger charge is 2.51. The van der Waals surface area contributed by atoms with Gasteiger partial charge in [-0.05, 0) is 77.0 Å². The first-order valence-electron chi connectivity index (χ1n) is 33.5. The summed E-state index contributed by atoms with van der Waals surface area (Å²) in [5, 5.41) is 87.3. The Morgan fingerprint density at radius 2 is 0.817 bits per heavy atom. The number of aliphatic hydroxyl groups excluding tert-OH is 8. The Bertz CT molecular complexity index is 1610. The van der Waals surface area contributed by atoms with Crippen LogP contribution in [0.1, 0.15) is 271 Å². The summed E-state index contributed by atoms with van der Waals surface area (Å²) in [7, 11) is 0. The van der Waals surface area contributed by atoms with Crippen LogP contribution in [-0.4, -0.2) is 140 Å². The molecule has 14 heteroatoms. The van der Waals surface area contributed by atoms with Gasteiger partial charge in [-0.2, -0.15) is 0 Å². The molecule has 0 aromatic carbocycles. The van der Waals surface area contributed by atoms with Crippen LogP contribution in [0.3, 0.4) is 0 Å². The molecule has 1 amide bonds. The van der Waals surface area contributed by atoms with Crippen LogP contribution in [0.4, 0.5) is 0 Å². The Morgan fingerprint density at radius 3 is 1.27 bits per heavy atom. The number of hydrogen-bond donors (Lipinski definition) is 9. The quantitative estimate of drug-likeness (QED) is 0.0204. The average Bonchev–Trinajstić information content (AvgIpc) is 3.53. The third-order valence-electron chi connectivity index (χ3n) is 16.2. The molecule has 0 radical (unpaired) electrons. The van der Waals surface area contributed by atoms with Crippen molar-refractivity contribution in [2.75, 3.05) is 19.8 Å². The fraction of sp³-hybridized carbons (Fsp3) is 0.838. The number of aliphatic hydroxyl groups is 8. The third kappa shape index (κ3) is 37.3. The summed E-state index contributed by atoms with van der Waals surface area (Å²) in [6.07, 6.45) is 52.7. The highest BCUT2D eigenvalue weighted by Crippen LogP contribution is 2.30. The number of carbonyl (C=O) groups excluding carboxylic acids is 1. The molecule has 2 aliphatic rings. The summed E-state index contributed by atoms with van der Waals surface area (Å²) in [4.78, 5) is 13.3. The van der Waals surface area contributed by atoms with Crippen molar-refractivity contribution in [3.8, 4) is 0 Å². The van der Waals surface area contributed by atoms with E-state index in [1.807, 2.05) is 6.08 Å². The molecule has 2 rings (SSSR count). The molecule has 2 saturated heterocycles. The van der Waals surface area contributed by atoms with Crippen LogP contribution in [0.5, 0.6) is 0 Å². The van der Waals surface area contributed by atoms with Crippen molar-refractivity contribution in [3.05, 3.63) is 60.8 Å². The highest BCUT2D eigenvalue weighted by molar-refractivity contribution is 5.76. The van der Waals surface area contributed by atoms with Gasteiger partial charge in [-0.15, -0.1) is 0 Å². The van der Waals surface area contributed by atoms with Gasteiger partial charge in [-0.25, -0.2) is 0 Å². The van der Waals surface area contributed by atoms with Crippen molar-refractivity contribution in [2.24, 2.45) is 0 Å². The van der Waals surface area contributed by atoms with Gasteiger partial charge in [0.15, 0.2) is 12.6 Å². The predicted molar refractivity (Wildman–Crippen MR) is 332 cm³/mol. The summed E-state index contributed by atoms with van der Waals surface area (Å²) in [6, 6.07) is -0.942. The molecule has 0 aromatic rings. The lowest BCUT2D eigenvalue weighted by Gasteiger charge is -2.46. The lowest BCUT2D eigenvalue weighted by atomic mass is 9.97. The van der Waals surface area contributed by atoms with Crippen LogP contribution in [-0.2, 0) is 23.7 Å². The van der Waals surface area contributed by atoms with Gasteiger partial charge < -0.3 is 65.1 Å². The summed E-state index contributed by atoms with van der Waals surface area (Å²) in [5.41, 5.74) is 0. The van der Waals surface area contributed by atoms with E-state index in [0.717, 1.165) is 51.4 Å². The van der Waals surface area contributed by atoms with Crippen molar-refractivity contribution < 1.29 is 64.6 Å². The maximum absolute atomic E-state index is 13.3. The Kier molecular flexibility index (Phi) is 49.0. The Morgan fingerprint density at radius 1 is 0.439 bits per heavy atom. The minimum atomic E-state index is -1.79. The molecule has 478 valence electrons. The Labute approximate surface area is 498 Å². The zero-order valence-corrected chi connectivity index (χ0v) is 51.7. The summed E-state index contributed by atoms with van der Waals surface area (Å²) in [5.74, 6) is -0.255. The molecule has 12 unspecified atom stereocenters. The van der Waals surface area contributed by atoms with E-state index in [9.17, 15) is 45.6 Å². The first-order chi connectivity index (χ1) is 40.1. The number of rotatable bonds is 54. The van der Waals surface area contributed by atoms with Crippen LogP contribution >= 0.6 is 0 Å². The molecule has 0 saturated carbocycles. The second-order valence-electron chi connectivity index (χ2n) is 23.6. The van der Waals surface area contributed by atoms with Gasteiger partial charge in [-0.1, -0.05) is 248 Å². The van der Waals surface area contributed by atoms with Crippen LogP contribution < -0.4 is 5.32 Å². The average molecular weight is 1160 g/mol. The maximum atomic E-state index is 13.3. The number of nitrogens with one attached hydrogen (secondary N) is 1. The fourth-order valence-electron chi connectivity index (χ4n) is 10.8. The monoisotopic (exact) mass is 1160 g/mol. The molecule has 82 heavy (non-hydrogen) atoms. The van der Waals surface area contributed by atoms with E-state index in [-0.39, 0.29) is 18.9 Å². The summed E-state index contributed by atoms with van der Waals surface area (Å²) >= 11 is 0. The van der Waals surface area contributed by atoms with Gasteiger partial charge in [0, 0.05) is 6.42 Å². The summed E-state index contributed by atoms with van der Waals surface area (Å²) < 4.78 is 22.8. The number of amides is 1. The second kappa shape index (κ2) is 53.0. The van der Waals surface area contributed by atoms with Gasteiger partial charge >= 0.3 is 0 Å². The molecule has 2 aliphatic heterocycles. The molecule has 0 aromatic heterocycles. The van der Waals surface area contributed by atoms with Crippen molar-refractivity contribution in [1.82, 2.24) is 5.32 Å². The second-order valence-corrected chi connectivity index (χ2v) is 23.6. The predicted octanol–water partition coefficient (Wildman–Crippen LogP) is 12.9. The smallest absolute Gasteiger partial charge is 0.220 e. The minimum Gasteiger partial charge on any atom is -0.394 e. The SMILES string of the molecule is CCCCCCC/C=C\C/C=C\CCCCCCCCCCCCCC(=O)NC(COC1OC(CO)C(OC2OC(CO)C(O)C(O)C2O)C(O)C1O)C(O)/C=C/CC/C=C/CC/C=C/CCCCCCCCCCCCCCCCC. The van der Waals surface area contributed by atoms with E-state index in [1.165, 1.54) is 186 Å². The summed E-state index contributed by atoms with van der Waals surface area (Å²) in [6.45, 7) is 2.79. The number of carbonyl (C=O) groups is 1. The van der Waals surface area contributed by atoms with E-state index in [2.05, 4.69) is 67.8 Å². The van der Waals surface area contributed by atoms with Crippen LogP contribution in [0, 0.1) is 0 Å².